The first-order chi connectivity index (χ1) is 19.9. The Kier molecular flexibility index (Phi) is 11.2. The summed E-state index contributed by atoms with van der Waals surface area (Å²) in [5.41, 5.74) is 13.5. The van der Waals surface area contributed by atoms with Crippen LogP contribution < -0.4 is 27.4 Å². The summed E-state index contributed by atoms with van der Waals surface area (Å²) in [5, 5.41) is 18.2. The Morgan fingerprint density at radius 1 is 0.810 bits per heavy atom. The maximum atomic E-state index is 13.5. The van der Waals surface area contributed by atoms with E-state index in [0.29, 0.717) is 17.5 Å². The van der Waals surface area contributed by atoms with Crippen molar-refractivity contribution < 1.29 is 29.1 Å². The lowest BCUT2D eigenvalue weighted by molar-refractivity contribution is -0.142. The van der Waals surface area contributed by atoms with E-state index in [2.05, 4.69) is 20.9 Å². The molecule has 3 aromatic rings. The van der Waals surface area contributed by atoms with Gasteiger partial charge in [0.2, 0.25) is 23.6 Å². The number of hydrogen-bond acceptors (Lipinski definition) is 6. The number of aromatic amines is 1. The van der Waals surface area contributed by atoms with Crippen LogP contribution >= 0.6 is 0 Å². The van der Waals surface area contributed by atoms with Gasteiger partial charge in [0.05, 0.1) is 12.5 Å². The van der Waals surface area contributed by atoms with Gasteiger partial charge in [0.25, 0.3) is 0 Å². The molecule has 1 heterocycles. The number of carboxylic acid groups (broad SMARTS) is 1. The van der Waals surface area contributed by atoms with E-state index in [-0.39, 0.29) is 18.8 Å². The molecule has 2 aromatic carbocycles. The van der Waals surface area contributed by atoms with Gasteiger partial charge in [-0.05, 0) is 29.5 Å². The summed E-state index contributed by atoms with van der Waals surface area (Å²) in [6.45, 7) is 3.77. The zero-order valence-corrected chi connectivity index (χ0v) is 23.6. The highest BCUT2D eigenvalue weighted by Gasteiger charge is 2.32. The first kappa shape index (κ1) is 31.8. The highest BCUT2D eigenvalue weighted by molar-refractivity contribution is 5.96. The van der Waals surface area contributed by atoms with E-state index in [9.17, 15) is 29.1 Å². The number of H-pyrrole nitrogens is 1. The number of primary amides is 1. The summed E-state index contributed by atoms with van der Waals surface area (Å²) < 4.78 is 0. The standard InChI is InChI=1S/C30H38N6O6/c1-17(2)12-21(31)27(38)34-24(15-26(32)37)29(40)35-23(14-19-16-33-22-11-7-6-10-20(19)22)28(39)36-25(30(41)42)13-18-8-4-3-5-9-18/h3-11,16-17,21,23-25,33H,12-15,31H2,1-2H3,(H2,32,37)(H,34,38)(H,35,40)(H,36,39)(H,41,42). The fraction of sp³-hybridized carbons (Fsp3) is 0.367. The van der Waals surface area contributed by atoms with Gasteiger partial charge in [-0.2, -0.15) is 0 Å². The number of benzene rings is 2. The van der Waals surface area contributed by atoms with Crippen LogP contribution in [0.3, 0.4) is 0 Å². The Labute approximate surface area is 243 Å². The predicted octanol–water partition coefficient (Wildman–Crippen LogP) is 0.741. The summed E-state index contributed by atoms with van der Waals surface area (Å²) >= 11 is 0. The number of hydrogen-bond donors (Lipinski definition) is 7. The highest BCUT2D eigenvalue weighted by Crippen LogP contribution is 2.19. The van der Waals surface area contributed by atoms with Crippen molar-refractivity contribution in [2.24, 2.45) is 17.4 Å². The molecule has 4 unspecified atom stereocenters. The first-order valence-corrected chi connectivity index (χ1v) is 13.7. The van der Waals surface area contributed by atoms with Gasteiger partial charge in [0, 0.05) is 29.9 Å². The number of aliphatic carboxylic acids is 1. The van der Waals surface area contributed by atoms with Crippen molar-refractivity contribution >= 4 is 40.5 Å². The maximum absolute atomic E-state index is 13.5. The Balaban J connectivity index is 1.86. The van der Waals surface area contributed by atoms with Gasteiger partial charge in [0.15, 0.2) is 0 Å². The van der Waals surface area contributed by atoms with E-state index in [1.807, 2.05) is 38.1 Å². The molecule has 9 N–H and O–H groups in total. The Morgan fingerprint density at radius 3 is 2.05 bits per heavy atom. The number of amides is 4. The molecule has 0 saturated heterocycles. The second-order valence-electron chi connectivity index (χ2n) is 10.7. The quantitative estimate of drug-likeness (QED) is 0.137. The summed E-state index contributed by atoms with van der Waals surface area (Å²) in [6.07, 6.45) is 1.52. The van der Waals surface area contributed by atoms with E-state index in [1.165, 1.54) is 0 Å². The molecule has 0 fully saturated rings. The number of carboxylic acids is 1. The van der Waals surface area contributed by atoms with Crippen LogP contribution in [0.25, 0.3) is 10.9 Å². The number of rotatable bonds is 15. The Bertz CT molecular complexity index is 1410. The van der Waals surface area contributed by atoms with Crippen molar-refractivity contribution in [3.05, 3.63) is 71.9 Å². The van der Waals surface area contributed by atoms with Crippen molar-refractivity contribution in [3.63, 3.8) is 0 Å². The van der Waals surface area contributed by atoms with Crippen LogP contribution in [0, 0.1) is 5.92 Å². The van der Waals surface area contributed by atoms with Gasteiger partial charge in [-0.1, -0.05) is 62.4 Å². The van der Waals surface area contributed by atoms with Crippen LogP contribution in [0.15, 0.2) is 60.8 Å². The average Bonchev–Trinajstić information content (AvgIpc) is 3.34. The lowest BCUT2D eigenvalue weighted by Gasteiger charge is -2.25. The summed E-state index contributed by atoms with van der Waals surface area (Å²) in [4.78, 5) is 66.5. The molecule has 0 spiro atoms. The molecule has 12 heteroatoms. The van der Waals surface area contributed by atoms with Crippen molar-refractivity contribution in [2.75, 3.05) is 0 Å². The molecule has 0 radical (unpaired) electrons. The third kappa shape index (κ3) is 9.16. The van der Waals surface area contributed by atoms with Crippen molar-refractivity contribution in [1.82, 2.24) is 20.9 Å². The second kappa shape index (κ2) is 14.8. The Hall–Kier alpha value is -4.71. The van der Waals surface area contributed by atoms with Crippen molar-refractivity contribution in [3.8, 4) is 0 Å². The van der Waals surface area contributed by atoms with Gasteiger partial charge in [0.1, 0.15) is 18.1 Å². The Morgan fingerprint density at radius 2 is 1.40 bits per heavy atom. The van der Waals surface area contributed by atoms with Gasteiger partial charge in [-0.25, -0.2) is 4.79 Å². The molecule has 0 aliphatic heterocycles. The van der Waals surface area contributed by atoms with Gasteiger partial charge >= 0.3 is 5.97 Å². The van der Waals surface area contributed by atoms with Crippen LogP contribution in [0.1, 0.15) is 37.8 Å². The first-order valence-electron chi connectivity index (χ1n) is 13.7. The molecular weight excluding hydrogens is 540 g/mol. The van der Waals surface area contributed by atoms with E-state index in [4.69, 9.17) is 11.5 Å². The maximum Gasteiger partial charge on any atom is 0.326 e. The molecule has 12 nitrogen and oxygen atoms in total. The number of carbonyl (C=O) groups excluding carboxylic acids is 4. The lowest BCUT2D eigenvalue weighted by atomic mass is 10.0. The third-order valence-electron chi connectivity index (χ3n) is 6.73. The van der Waals surface area contributed by atoms with Gasteiger partial charge in [-0.3, -0.25) is 19.2 Å². The number of carbonyl (C=O) groups is 5. The lowest BCUT2D eigenvalue weighted by Crippen LogP contribution is -2.58. The smallest absolute Gasteiger partial charge is 0.326 e. The zero-order chi connectivity index (χ0) is 30.8. The number of nitrogens with one attached hydrogen (secondary N) is 4. The number of aromatic nitrogens is 1. The normalized spacial score (nSPS) is 14.0. The van der Waals surface area contributed by atoms with Crippen molar-refractivity contribution in [1.29, 1.82) is 0 Å². The van der Waals surface area contributed by atoms with Crippen LogP contribution in [0.5, 0.6) is 0 Å². The van der Waals surface area contributed by atoms with Crippen LogP contribution in [-0.2, 0) is 36.8 Å². The molecule has 3 rings (SSSR count). The fourth-order valence-corrected chi connectivity index (χ4v) is 4.63. The molecule has 0 saturated carbocycles. The zero-order valence-electron chi connectivity index (χ0n) is 23.6. The fourth-order valence-electron chi connectivity index (χ4n) is 4.63. The minimum atomic E-state index is -1.40. The van der Waals surface area contributed by atoms with Gasteiger partial charge in [-0.15, -0.1) is 0 Å². The third-order valence-corrected chi connectivity index (χ3v) is 6.73. The molecule has 42 heavy (non-hydrogen) atoms. The van der Waals surface area contributed by atoms with Crippen LogP contribution in [0.2, 0.25) is 0 Å². The molecule has 4 atom stereocenters. The molecule has 0 bridgehead atoms. The second-order valence-corrected chi connectivity index (χ2v) is 10.7. The SMILES string of the molecule is CC(C)CC(N)C(=O)NC(CC(N)=O)C(=O)NC(Cc1c[nH]c2ccccc12)C(=O)NC(Cc1ccccc1)C(=O)O. The molecule has 0 aliphatic rings. The van der Waals surface area contributed by atoms with E-state index >= 15 is 0 Å². The predicted molar refractivity (Wildman–Crippen MR) is 157 cm³/mol. The minimum absolute atomic E-state index is 0.0106. The van der Waals surface area contributed by atoms with Crippen molar-refractivity contribution in [2.45, 2.75) is 63.7 Å². The molecule has 1 aromatic heterocycles. The number of nitrogens with two attached hydrogens (primary N) is 2. The summed E-state index contributed by atoms with van der Waals surface area (Å²) in [6, 6.07) is 11.3. The minimum Gasteiger partial charge on any atom is -0.480 e. The van der Waals surface area contributed by atoms with E-state index in [0.717, 1.165) is 10.9 Å². The van der Waals surface area contributed by atoms with Crippen LogP contribution in [0.4, 0.5) is 0 Å². The van der Waals surface area contributed by atoms with Gasteiger partial charge < -0.3 is 37.5 Å². The monoisotopic (exact) mass is 578 g/mol. The van der Waals surface area contributed by atoms with E-state index in [1.54, 1.807) is 36.5 Å². The summed E-state index contributed by atoms with van der Waals surface area (Å²) in [7, 11) is 0. The topological polar surface area (TPSA) is 209 Å². The molecule has 0 aliphatic carbocycles. The molecule has 4 amide bonds. The highest BCUT2D eigenvalue weighted by atomic mass is 16.4. The molecule has 224 valence electrons. The van der Waals surface area contributed by atoms with Crippen LogP contribution in [-0.4, -0.2) is 63.9 Å². The average molecular weight is 579 g/mol. The molecular formula is C30H38N6O6. The number of para-hydroxylation sites is 1. The number of fused-ring (bicyclic) bond motifs is 1. The largest absolute Gasteiger partial charge is 0.480 e. The van der Waals surface area contributed by atoms with E-state index < -0.39 is 60.2 Å². The summed E-state index contributed by atoms with van der Waals surface area (Å²) in [5.74, 6) is -4.22.